The largest absolute Gasteiger partial charge is 0.383 e. The summed E-state index contributed by atoms with van der Waals surface area (Å²) in [7, 11) is 3.22. The van der Waals surface area contributed by atoms with Crippen LogP contribution in [0.2, 0.25) is 0 Å². The number of ether oxygens (including phenoxy) is 1. The number of methoxy groups -OCH3 is 1. The van der Waals surface area contributed by atoms with E-state index in [-0.39, 0.29) is 11.7 Å². The zero-order valence-electron chi connectivity index (χ0n) is 7.80. The van der Waals surface area contributed by atoms with E-state index in [0.29, 0.717) is 13.2 Å². The third-order valence-corrected chi connectivity index (χ3v) is 1.67. The lowest BCUT2D eigenvalue weighted by Crippen LogP contribution is -2.36. The number of nitrogens with zero attached hydrogens (tertiary/aromatic N) is 3. The van der Waals surface area contributed by atoms with Gasteiger partial charge in [-0.15, -0.1) is 0 Å². The Morgan fingerprint density at radius 3 is 2.92 bits per heavy atom. The highest BCUT2D eigenvalue weighted by Gasteiger charge is 2.06. The molecule has 2 N–H and O–H groups in total. The molecule has 6 nitrogen and oxygen atoms in total. The van der Waals surface area contributed by atoms with Gasteiger partial charge in [-0.1, -0.05) is 0 Å². The van der Waals surface area contributed by atoms with Crippen LogP contribution in [0.5, 0.6) is 0 Å². The number of aromatic nitrogens is 3. The lowest BCUT2D eigenvalue weighted by atomic mass is 10.3. The van der Waals surface area contributed by atoms with Gasteiger partial charge in [-0.05, 0) is 0 Å². The molecule has 0 fully saturated rings. The Balaban J connectivity index is 2.64. The minimum atomic E-state index is -0.197. The fourth-order valence-electron chi connectivity index (χ4n) is 1.03. The minimum Gasteiger partial charge on any atom is -0.383 e. The van der Waals surface area contributed by atoms with Crippen molar-refractivity contribution in [1.82, 2.24) is 14.3 Å². The molecule has 0 aliphatic heterocycles. The maximum Gasteiger partial charge on any atom is 0.345 e. The van der Waals surface area contributed by atoms with Gasteiger partial charge in [-0.25, -0.2) is 9.48 Å². The first-order valence-electron chi connectivity index (χ1n) is 3.98. The van der Waals surface area contributed by atoms with Gasteiger partial charge in [0.2, 0.25) is 0 Å². The quantitative estimate of drug-likeness (QED) is 0.624. The standard InChI is InChI=1S/C7H14N4O2/c1-10-5-9-11(7(10)12)3-6(8)4-13-2/h5-6H,3-4,8H2,1-2H3. The lowest BCUT2D eigenvalue weighted by molar-refractivity contribution is 0.171. The molecule has 0 aliphatic carbocycles. The molecule has 0 spiro atoms. The molecule has 0 aliphatic rings. The summed E-state index contributed by atoms with van der Waals surface area (Å²) in [5.74, 6) is 0. The van der Waals surface area contributed by atoms with E-state index < -0.39 is 0 Å². The second-order valence-electron chi connectivity index (χ2n) is 2.92. The molecule has 0 radical (unpaired) electrons. The normalized spacial score (nSPS) is 13.2. The third kappa shape index (κ3) is 2.40. The average molecular weight is 186 g/mol. The van der Waals surface area contributed by atoms with Crippen molar-refractivity contribution in [3.05, 3.63) is 16.8 Å². The highest BCUT2D eigenvalue weighted by molar-refractivity contribution is 4.68. The Bertz CT molecular complexity index is 317. The van der Waals surface area contributed by atoms with Crippen molar-refractivity contribution in [2.24, 2.45) is 12.8 Å². The predicted molar refractivity (Wildman–Crippen MR) is 47.3 cm³/mol. The molecule has 0 saturated heterocycles. The maximum atomic E-state index is 11.3. The van der Waals surface area contributed by atoms with Crippen molar-refractivity contribution < 1.29 is 4.74 Å². The minimum absolute atomic E-state index is 0.161. The van der Waals surface area contributed by atoms with Crippen molar-refractivity contribution >= 4 is 0 Å². The number of hydrogen-bond donors (Lipinski definition) is 1. The first kappa shape index (κ1) is 9.94. The van der Waals surface area contributed by atoms with Gasteiger partial charge in [0.15, 0.2) is 0 Å². The molecule has 1 atom stereocenters. The summed E-state index contributed by atoms with van der Waals surface area (Å²) in [5, 5.41) is 3.87. The summed E-state index contributed by atoms with van der Waals surface area (Å²) in [6.07, 6.45) is 1.46. The Kier molecular flexibility index (Phi) is 3.21. The monoisotopic (exact) mass is 186 g/mol. The van der Waals surface area contributed by atoms with Crippen LogP contribution in [0, 0.1) is 0 Å². The summed E-state index contributed by atoms with van der Waals surface area (Å²) in [4.78, 5) is 11.3. The smallest absolute Gasteiger partial charge is 0.345 e. The summed E-state index contributed by atoms with van der Waals surface area (Å²) in [6, 6.07) is -0.197. The first-order valence-corrected chi connectivity index (χ1v) is 3.98. The van der Waals surface area contributed by atoms with E-state index in [2.05, 4.69) is 5.10 Å². The predicted octanol–water partition coefficient (Wildman–Crippen LogP) is -1.44. The Hall–Kier alpha value is -1.14. The molecule has 0 saturated carbocycles. The average Bonchev–Trinajstić information content (AvgIpc) is 2.37. The van der Waals surface area contributed by atoms with E-state index in [0.717, 1.165) is 0 Å². The molecule has 1 rings (SSSR count). The van der Waals surface area contributed by atoms with Crippen LogP contribution in [-0.4, -0.2) is 34.1 Å². The summed E-state index contributed by atoms with van der Waals surface area (Å²) in [5.41, 5.74) is 5.50. The van der Waals surface area contributed by atoms with Gasteiger partial charge in [0, 0.05) is 20.2 Å². The molecular formula is C7H14N4O2. The molecule has 1 heterocycles. The van der Waals surface area contributed by atoms with Crippen LogP contribution in [0.3, 0.4) is 0 Å². The second kappa shape index (κ2) is 4.20. The zero-order valence-corrected chi connectivity index (χ0v) is 7.80. The molecule has 0 amide bonds. The lowest BCUT2D eigenvalue weighted by Gasteiger charge is -2.08. The van der Waals surface area contributed by atoms with E-state index in [9.17, 15) is 4.79 Å². The third-order valence-electron chi connectivity index (χ3n) is 1.67. The number of aryl methyl sites for hydroxylation is 1. The molecule has 1 unspecified atom stereocenters. The van der Waals surface area contributed by atoms with Gasteiger partial charge in [-0.2, -0.15) is 5.10 Å². The second-order valence-corrected chi connectivity index (χ2v) is 2.92. The number of nitrogens with two attached hydrogens (primary N) is 1. The Morgan fingerprint density at radius 2 is 2.46 bits per heavy atom. The van der Waals surface area contributed by atoms with Crippen molar-refractivity contribution in [2.45, 2.75) is 12.6 Å². The molecule has 74 valence electrons. The topological polar surface area (TPSA) is 75.1 Å². The van der Waals surface area contributed by atoms with Crippen LogP contribution in [-0.2, 0) is 18.3 Å². The fourth-order valence-corrected chi connectivity index (χ4v) is 1.03. The summed E-state index contributed by atoms with van der Waals surface area (Å²) < 4.78 is 7.57. The van der Waals surface area contributed by atoms with Gasteiger partial charge in [0.25, 0.3) is 0 Å². The van der Waals surface area contributed by atoms with Crippen molar-refractivity contribution in [1.29, 1.82) is 0 Å². The van der Waals surface area contributed by atoms with Gasteiger partial charge in [0.05, 0.1) is 13.2 Å². The molecule has 1 aromatic rings. The van der Waals surface area contributed by atoms with E-state index in [1.165, 1.54) is 15.6 Å². The highest BCUT2D eigenvalue weighted by atomic mass is 16.5. The van der Waals surface area contributed by atoms with Crippen molar-refractivity contribution in [3.63, 3.8) is 0 Å². The van der Waals surface area contributed by atoms with E-state index in [4.69, 9.17) is 10.5 Å². The van der Waals surface area contributed by atoms with Crippen molar-refractivity contribution in [3.8, 4) is 0 Å². The molecule has 6 heteroatoms. The van der Waals surface area contributed by atoms with E-state index in [1.54, 1.807) is 14.2 Å². The molecular weight excluding hydrogens is 172 g/mol. The molecule has 1 aromatic heterocycles. The maximum absolute atomic E-state index is 11.3. The van der Waals surface area contributed by atoms with Gasteiger partial charge in [0.1, 0.15) is 6.33 Å². The van der Waals surface area contributed by atoms with Crippen LogP contribution in [0.4, 0.5) is 0 Å². The Morgan fingerprint density at radius 1 is 1.77 bits per heavy atom. The molecule has 13 heavy (non-hydrogen) atoms. The van der Waals surface area contributed by atoms with Crippen LogP contribution < -0.4 is 11.4 Å². The van der Waals surface area contributed by atoms with Gasteiger partial charge >= 0.3 is 5.69 Å². The summed E-state index contributed by atoms with van der Waals surface area (Å²) >= 11 is 0. The fraction of sp³-hybridized carbons (Fsp3) is 0.714. The molecule has 0 aromatic carbocycles. The summed E-state index contributed by atoms with van der Waals surface area (Å²) in [6.45, 7) is 0.802. The van der Waals surface area contributed by atoms with Gasteiger partial charge in [-0.3, -0.25) is 4.57 Å². The number of hydrogen-bond acceptors (Lipinski definition) is 4. The van der Waals surface area contributed by atoms with Crippen LogP contribution in [0.1, 0.15) is 0 Å². The van der Waals surface area contributed by atoms with Gasteiger partial charge < -0.3 is 10.5 Å². The van der Waals surface area contributed by atoms with Crippen LogP contribution in [0.15, 0.2) is 11.1 Å². The van der Waals surface area contributed by atoms with Crippen LogP contribution >= 0.6 is 0 Å². The number of rotatable bonds is 4. The van der Waals surface area contributed by atoms with E-state index >= 15 is 0 Å². The zero-order chi connectivity index (χ0) is 9.84. The molecule has 0 bridgehead atoms. The SMILES string of the molecule is COCC(N)Cn1ncn(C)c1=O. The van der Waals surface area contributed by atoms with Crippen LogP contribution in [0.25, 0.3) is 0 Å². The first-order chi connectivity index (χ1) is 6.15. The van der Waals surface area contributed by atoms with Crippen molar-refractivity contribution in [2.75, 3.05) is 13.7 Å². The van der Waals surface area contributed by atoms with E-state index in [1.807, 2.05) is 0 Å². The Labute approximate surface area is 75.9 Å². The highest BCUT2D eigenvalue weighted by Crippen LogP contribution is 1.84.